The molecule has 8 heteroatoms. The molecule has 0 spiro atoms. The van der Waals surface area contributed by atoms with Crippen molar-refractivity contribution in [2.75, 3.05) is 19.7 Å². The molecular formula is C19H18ClFN2O4. The monoisotopic (exact) mass is 392 g/mol. The minimum atomic E-state index is -0.995. The van der Waals surface area contributed by atoms with E-state index in [-0.39, 0.29) is 29.3 Å². The highest BCUT2D eigenvalue weighted by Crippen LogP contribution is 2.26. The Kier molecular flexibility index (Phi) is 5.93. The first kappa shape index (κ1) is 19.1. The summed E-state index contributed by atoms with van der Waals surface area (Å²) in [4.78, 5) is 24.9. The van der Waals surface area contributed by atoms with Gasteiger partial charge in [0, 0.05) is 13.1 Å². The Labute approximate surface area is 160 Å². The molecule has 3 rings (SSSR count). The second-order valence-electron chi connectivity index (χ2n) is 6.14. The van der Waals surface area contributed by atoms with Gasteiger partial charge in [0.1, 0.15) is 11.9 Å². The standard InChI is InChI=1S/C19H18ClFN2O4/c20-15-9-14(5-6-16(15)21)17-11-23(7-8-27-17)19(26)22-10-12-1-3-13(4-2-12)18(24)25/h1-6,9,17H,7-8,10-11H2,(H,22,26)(H,24,25). The fraction of sp³-hybridized carbons (Fsp3) is 0.263. The van der Waals surface area contributed by atoms with Crippen molar-refractivity contribution in [1.29, 1.82) is 0 Å². The van der Waals surface area contributed by atoms with Crippen LogP contribution in [0.3, 0.4) is 0 Å². The van der Waals surface area contributed by atoms with Crippen LogP contribution in [0.2, 0.25) is 5.02 Å². The number of nitrogens with one attached hydrogen (secondary N) is 1. The molecule has 2 aromatic carbocycles. The van der Waals surface area contributed by atoms with Gasteiger partial charge in [0.05, 0.1) is 23.7 Å². The SMILES string of the molecule is O=C(O)c1ccc(CNC(=O)N2CCOC(c3ccc(F)c(Cl)c3)C2)cc1. The van der Waals surface area contributed by atoms with Crippen LogP contribution in [0.4, 0.5) is 9.18 Å². The molecule has 0 saturated carbocycles. The molecule has 1 atom stereocenters. The van der Waals surface area contributed by atoms with Crippen LogP contribution in [0.15, 0.2) is 42.5 Å². The maximum absolute atomic E-state index is 13.3. The third-order valence-corrected chi connectivity index (χ3v) is 4.60. The summed E-state index contributed by atoms with van der Waals surface area (Å²) in [7, 11) is 0. The number of hydrogen-bond donors (Lipinski definition) is 2. The molecule has 27 heavy (non-hydrogen) atoms. The summed E-state index contributed by atoms with van der Waals surface area (Å²) in [6.07, 6.45) is -0.377. The third kappa shape index (κ3) is 4.75. The number of carboxylic acid groups (broad SMARTS) is 1. The lowest BCUT2D eigenvalue weighted by Crippen LogP contribution is -2.46. The number of amides is 2. The average molecular weight is 393 g/mol. The van der Waals surface area contributed by atoms with Gasteiger partial charge < -0.3 is 20.1 Å². The molecule has 2 aromatic rings. The fourth-order valence-corrected chi connectivity index (χ4v) is 2.99. The summed E-state index contributed by atoms with van der Waals surface area (Å²) in [6.45, 7) is 1.41. The molecule has 1 heterocycles. The molecule has 0 aliphatic carbocycles. The molecule has 0 aromatic heterocycles. The van der Waals surface area contributed by atoms with Gasteiger partial charge in [-0.25, -0.2) is 14.0 Å². The third-order valence-electron chi connectivity index (χ3n) is 4.31. The Morgan fingerprint density at radius 2 is 2.00 bits per heavy atom. The number of carboxylic acids is 1. The lowest BCUT2D eigenvalue weighted by atomic mass is 10.1. The number of halogens is 2. The van der Waals surface area contributed by atoms with Crippen molar-refractivity contribution in [3.8, 4) is 0 Å². The van der Waals surface area contributed by atoms with E-state index in [2.05, 4.69) is 5.32 Å². The van der Waals surface area contributed by atoms with Crippen LogP contribution in [-0.2, 0) is 11.3 Å². The second-order valence-corrected chi connectivity index (χ2v) is 6.55. The van der Waals surface area contributed by atoms with E-state index in [1.165, 1.54) is 24.3 Å². The molecule has 1 unspecified atom stereocenters. The molecule has 1 aliphatic rings. The van der Waals surface area contributed by atoms with Gasteiger partial charge in [-0.3, -0.25) is 0 Å². The molecule has 2 N–H and O–H groups in total. The van der Waals surface area contributed by atoms with Crippen LogP contribution >= 0.6 is 11.6 Å². The van der Waals surface area contributed by atoms with Gasteiger partial charge >= 0.3 is 12.0 Å². The number of benzene rings is 2. The van der Waals surface area contributed by atoms with Gasteiger partial charge in [-0.15, -0.1) is 0 Å². The number of carbonyl (C=O) groups is 2. The van der Waals surface area contributed by atoms with Crippen LogP contribution in [0.25, 0.3) is 0 Å². The number of urea groups is 1. The van der Waals surface area contributed by atoms with Crippen LogP contribution in [0.1, 0.15) is 27.6 Å². The van der Waals surface area contributed by atoms with E-state index in [0.29, 0.717) is 25.3 Å². The molecule has 6 nitrogen and oxygen atoms in total. The maximum Gasteiger partial charge on any atom is 0.335 e. The number of aromatic carboxylic acids is 1. The highest BCUT2D eigenvalue weighted by molar-refractivity contribution is 6.30. The van der Waals surface area contributed by atoms with Gasteiger partial charge in [0.25, 0.3) is 0 Å². The molecule has 2 amide bonds. The highest BCUT2D eigenvalue weighted by atomic mass is 35.5. The maximum atomic E-state index is 13.3. The minimum Gasteiger partial charge on any atom is -0.478 e. The normalized spacial score (nSPS) is 16.8. The van der Waals surface area contributed by atoms with E-state index in [4.69, 9.17) is 21.4 Å². The Bertz CT molecular complexity index is 844. The summed E-state index contributed by atoms with van der Waals surface area (Å²) in [5, 5.41) is 11.7. The smallest absolute Gasteiger partial charge is 0.335 e. The van der Waals surface area contributed by atoms with Crippen LogP contribution in [0, 0.1) is 5.82 Å². The lowest BCUT2D eigenvalue weighted by Gasteiger charge is -2.33. The van der Waals surface area contributed by atoms with Crippen LogP contribution < -0.4 is 5.32 Å². The van der Waals surface area contributed by atoms with Crippen LogP contribution in [0.5, 0.6) is 0 Å². The van der Waals surface area contributed by atoms with Gasteiger partial charge in [-0.05, 0) is 35.4 Å². The van der Waals surface area contributed by atoms with E-state index in [0.717, 1.165) is 5.56 Å². The van der Waals surface area contributed by atoms with Crippen molar-refractivity contribution < 1.29 is 23.8 Å². The van der Waals surface area contributed by atoms with Crippen molar-refractivity contribution in [1.82, 2.24) is 10.2 Å². The molecule has 1 aliphatic heterocycles. The summed E-state index contributed by atoms with van der Waals surface area (Å²) in [6, 6.07) is 10.4. The molecule has 142 valence electrons. The first-order chi connectivity index (χ1) is 12.9. The van der Waals surface area contributed by atoms with E-state index in [9.17, 15) is 14.0 Å². The zero-order valence-electron chi connectivity index (χ0n) is 14.3. The Balaban J connectivity index is 1.57. The van der Waals surface area contributed by atoms with E-state index < -0.39 is 11.8 Å². The van der Waals surface area contributed by atoms with Gasteiger partial charge in [-0.1, -0.05) is 29.8 Å². The number of morpholine rings is 1. The first-order valence-corrected chi connectivity index (χ1v) is 8.73. The second kappa shape index (κ2) is 8.37. The van der Waals surface area contributed by atoms with Gasteiger partial charge in [0.15, 0.2) is 0 Å². The van der Waals surface area contributed by atoms with E-state index in [1.807, 2.05) is 0 Å². The summed E-state index contributed by atoms with van der Waals surface area (Å²) < 4.78 is 19.0. The van der Waals surface area contributed by atoms with Crippen molar-refractivity contribution in [2.24, 2.45) is 0 Å². The fourth-order valence-electron chi connectivity index (χ4n) is 2.80. The van der Waals surface area contributed by atoms with Crippen molar-refractivity contribution in [2.45, 2.75) is 12.6 Å². The topological polar surface area (TPSA) is 78.9 Å². The van der Waals surface area contributed by atoms with E-state index >= 15 is 0 Å². The Morgan fingerprint density at radius 1 is 1.26 bits per heavy atom. The average Bonchev–Trinajstić information content (AvgIpc) is 2.68. The number of hydrogen-bond acceptors (Lipinski definition) is 3. The Hall–Kier alpha value is -2.64. The number of rotatable bonds is 4. The number of ether oxygens (including phenoxy) is 1. The van der Waals surface area contributed by atoms with Crippen molar-refractivity contribution in [3.63, 3.8) is 0 Å². The molecule has 0 radical (unpaired) electrons. The predicted molar refractivity (Wildman–Crippen MR) is 97.3 cm³/mol. The van der Waals surface area contributed by atoms with Gasteiger partial charge in [0.2, 0.25) is 0 Å². The predicted octanol–water partition coefficient (Wildman–Crippen LogP) is 3.46. The zero-order chi connectivity index (χ0) is 19.4. The van der Waals surface area contributed by atoms with Crippen molar-refractivity contribution in [3.05, 3.63) is 70.0 Å². The minimum absolute atomic E-state index is 0.0162. The summed E-state index contributed by atoms with van der Waals surface area (Å²) >= 11 is 5.82. The van der Waals surface area contributed by atoms with Crippen LogP contribution in [-0.4, -0.2) is 41.7 Å². The molecular weight excluding hydrogens is 375 g/mol. The molecule has 1 fully saturated rings. The van der Waals surface area contributed by atoms with Crippen molar-refractivity contribution >= 4 is 23.6 Å². The van der Waals surface area contributed by atoms with Gasteiger partial charge in [-0.2, -0.15) is 0 Å². The quantitative estimate of drug-likeness (QED) is 0.835. The molecule has 1 saturated heterocycles. The largest absolute Gasteiger partial charge is 0.478 e. The molecule has 0 bridgehead atoms. The lowest BCUT2D eigenvalue weighted by molar-refractivity contribution is -0.0155. The first-order valence-electron chi connectivity index (χ1n) is 8.35. The zero-order valence-corrected chi connectivity index (χ0v) is 15.1. The summed E-state index contributed by atoms with van der Waals surface area (Å²) in [5.41, 5.74) is 1.70. The van der Waals surface area contributed by atoms with E-state index in [1.54, 1.807) is 23.1 Å². The number of carbonyl (C=O) groups excluding carboxylic acids is 1. The summed E-state index contributed by atoms with van der Waals surface area (Å²) in [5.74, 6) is -1.49. The number of nitrogens with zero attached hydrogens (tertiary/aromatic N) is 1. The highest BCUT2D eigenvalue weighted by Gasteiger charge is 2.25. The Morgan fingerprint density at radius 3 is 2.67 bits per heavy atom.